The van der Waals surface area contributed by atoms with Gasteiger partial charge in [-0.05, 0) is 73.2 Å². The number of benzene rings is 4. The van der Waals surface area contributed by atoms with Gasteiger partial charge in [-0.1, -0.05) is 66.2 Å². The molecule has 0 fully saturated rings. The first-order valence-corrected chi connectivity index (χ1v) is 15.0. The Bertz CT molecular complexity index is 1800. The topological polar surface area (TPSA) is 100 Å². The second-order valence-electron chi connectivity index (χ2n) is 9.72. The smallest absolute Gasteiger partial charge is 0.272 e. The normalized spacial score (nSPS) is 11.1. The number of hydrogen-bond acceptors (Lipinski definition) is 5. The minimum absolute atomic E-state index is 0.0132. The van der Waals surface area contributed by atoms with Crippen LogP contribution in [-0.4, -0.2) is 23.5 Å². The number of hydrogen-bond donors (Lipinski definition) is 3. The SMILES string of the molecule is Cc1ccc(Cl)cc1NC(=O)CSc1ccc(NC(=O)/C(=C\c2ccc(-c3ccccc3)o2)NC(=O)c2ccccc2)cc1. The van der Waals surface area contributed by atoms with Crippen LogP contribution in [0.25, 0.3) is 17.4 Å². The van der Waals surface area contributed by atoms with E-state index in [1.54, 1.807) is 54.6 Å². The molecule has 5 aromatic rings. The number of nitrogens with one attached hydrogen (secondary N) is 3. The Labute approximate surface area is 264 Å². The summed E-state index contributed by atoms with van der Waals surface area (Å²) in [7, 11) is 0. The molecule has 0 spiro atoms. The maximum absolute atomic E-state index is 13.4. The molecule has 220 valence electrons. The fourth-order valence-electron chi connectivity index (χ4n) is 4.17. The summed E-state index contributed by atoms with van der Waals surface area (Å²) in [5.41, 5.74) is 3.43. The first-order chi connectivity index (χ1) is 21.3. The summed E-state index contributed by atoms with van der Waals surface area (Å²) < 4.78 is 5.95. The summed E-state index contributed by atoms with van der Waals surface area (Å²) in [6.07, 6.45) is 1.49. The molecule has 1 heterocycles. The highest BCUT2D eigenvalue weighted by atomic mass is 35.5. The van der Waals surface area contributed by atoms with Gasteiger partial charge in [-0.15, -0.1) is 11.8 Å². The largest absolute Gasteiger partial charge is 0.457 e. The van der Waals surface area contributed by atoms with Gasteiger partial charge in [-0.2, -0.15) is 0 Å². The Morgan fingerprint density at radius 2 is 1.52 bits per heavy atom. The Kier molecular flexibility index (Phi) is 9.96. The highest BCUT2D eigenvalue weighted by Gasteiger charge is 2.16. The summed E-state index contributed by atoms with van der Waals surface area (Å²) in [5.74, 6) is 0.124. The maximum Gasteiger partial charge on any atom is 0.272 e. The Morgan fingerprint density at radius 1 is 0.818 bits per heavy atom. The number of amides is 3. The van der Waals surface area contributed by atoms with Crippen molar-refractivity contribution in [2.45, 2.75) is 11.8 Å². The average molecular weight is 622 g/mol. The summed E-state index contributed by atoms with van der Waals surface area (Å²) in [5, 5.41) is 8.98. The van der Waals surface area contributed by atoms with Gasteiger partial charge in [0.2, 0.25) is 5.91 Å². The molecule has 7 nitrogen and oxygen atoms in total. The molecule has 1 aromatic heterocycles. The van der Waals surface area contributed by atoms with Gasteiger partial charge >= 0.3 is 0 Å². The van der Waals surface area contributed by atoms with Crippen molar-refractivity contribution in [2.24, 2.45) is 0 Å². The fraction of sp³-hybridized carbons (Fsp3) is 0.0571. The van der Waals surface area contributed by atoms with Gasteiger partial charge in [0.15, 0.2) is 0 Å². The average Bonchev–Trinajstić information content (AvgIpc) is 3.51. The number of carbonyl (C=O) groups excluding carboxylic acids is 3. The molecule has 3 amide bonds. The van der Waals surface area contributed by atoms with E-state index in [9.17, 15) is 14.4 Å². The van der Waals surface area contributed by atoms with E-state index in [0.717, 1.165) is 16.0 Å². The van der Waals surface area contributed by atoms with Gasteiger partial charge in [-0.3, -0.25) is 14.4 Å². The van der Waals surface area contributed by atoms with E-state index in [1.807, 2.05) is 67.6 Å². The molecule has 0 radical (unpaired) electrons. The van der Waals surface area contributed by atoms with Gasteiger partial charge < -0.3 is 20.4 Å². The lowest BCUT2D eigenvalue weighted by molar-refractivity contribution is -0.114. The van der Waals surface area contributed by atoms with E-state index in [4.69, 9.17) is 16.0 Å². The lowest BCUT2D eigenvalue weighted by Crippen LogP contribution is -2.30. The zero-order valence-electron chi connectivity index (χ0n) is 23.7. The molecule has 0 saturated carbocycles. The Hall–Kier alpha value is -5.05. The van der Waals surface area contributed by atoms with E-state index < -0.39 is 11.8 Å². The van der Waals surface area contributed by atoms with Crippen LogP contribution in [-0.2, 0) is 9.59 Å². The number of furan rings is 1. The summed E-state index contributed by atoms with van der Waals surface area (Å²) in [6, 6.07) is 34.2. The van der Waals surface area contributed by atoms with E-state index in [0.29, 0.717) is 33.5 Å². The van der Waals surface area contributed by atoms with E-state index in [2.05, 4.69) is 16.0 Å². The molecular formula is C35H28ClN3O4S. The van der Waals surface area contributed by atoms with Crippen LogP contribution in [0.15, 0.2) is 130 Å². The monoisotopic (exact) mass is 621 g/mol. The van der Waals surface area contributed by atoms with Crippen LogP contribution in [0.2, 0.25) is 5.02 Å². The maximum atomic E-state index is 13.4. The first-order valence-electron chi connectivity index (χ1n) is 13.7. The molecule has 0 aliphatic heterocycles. The first kappa shape index (κ1) is 30.4. The predicted molar refractivity (Wildman–Crippen MR) is 177 cm³/mol. The molecule has 0 aliphatic carbocycles. The second kappa shape index (κ2) is 14.4. The number of carbonyl (C=O) groups is 3. The third kappa shape index (κ3) is 8.28. The quantitative estimate of drug-likeness (QED) is 0.108. The number of aryl methyl sites for hydroxylation is 1. The van der Waals surface area contributed by atoms with Gasteiger partial charge in [0.05, 0.1) is 5.75 Å². The number of rotatable bonds is 10. The summed E-state index contributed by atoms with van der Waals surface area (Å²) >= 11 is 7.41. The van der Waals surface area contributed by atoms with Gasteiger partial charge in [0.25, 0.3) is 11.8 Å². The third-order valence-corrected chi connectivity index (χ3v) is 7.70. The Morgan fingerprint density at radius 3 is 2.25 bits per heavy atom. The van der Waals surface area contributed by atoms with Crippen molar-refractivity contribution in [3.63, 3.8) is 0 Å². The van der Waals surface area contributed by atoms with E-state index in [1.165, 1.54) is 17.8 Å². The van der Waals surface area contributed by atoms with Crippen molar-refractivity contribution in [1.29, 1.82) is 0 Å². The lowest BCUT2D eigenvalue weighted by Gasteiger charge is -2.11. The molecule has 9 heteroatoms. The van der Waals surface area contributed by atoms with Gasteiger partial charge in [0, 0.05) is 38.5 Å². The molecule has 0 saturated heterocycles. The van der Waals surface area contributed by atoms with Crippen molar-refractivity contribution in [1.82, 2.24) is 5.32 Å². The predicted octanol–water partition coefficient (Wildman–Crippen LogP) is 8.05. The van der Waals surface area contributed by atoms with Crippen LogP contribution in [0.5, 0.6) is 0 Å². The summed E-state index contributed by atoms with van der Waals surface area (Å²) in [4.78, 5) is 39.7. The Balaban J connectivity index is 1.26. The molecular weight excluding hydrogens is 594 g/mol. The molecule has 44 heavy (non-hydrogen) atoms. The van der Waals surface area contributed by atoms with Gasteiger partial charge in [0.1, 0.15) is 17.2 Å². The highest BCUT2D eigenvalue weighted by molar-refractivity contribution is 8.00. The number of anilines is 2. The lowest BCUT2D eigenvalue weighted by atomic mass is 10.2. The van der Waals surface area contributed by atoms with Crippen LogP contribution in [0, 0.1) is 6.92 Å². The van der Waals surface area contributed by atoms with Crippen molar-refractivity contribution >= 4 is 58.5 Å². The van der Waals surface area contributed by atoms with Crippen LogP contribution in [0.3, 0.4) is 0 Å². The molecule has 0 aliphatic rings. The van der Waals surface area contributed by atoms with Crippen molar-refractivity contribution in [3.8, 4) is 11.3 Å². The summed E-state index contributed by atoms with van der Waals surface area (Å²) in [6.45, 7) is 1.90. The molecule has 4 aromatic carbocycles. The standard InChI is InChI=1S/C35H28ClN3O4S/c1-23-12-13-26(36)20-30(23)38-33(40)22-44-29-17-14-27(15-18-29)37-35(42)31(39-34(41)25-10-6-3-7-11-25)21-28-16-19-32(43-28)24-8-4-2-5-9-24/h2-21H,22H2,1H3,(H,37,42)(H,38,40)(H,39,41)/b31-21+. The second-order valence-corrected chi connectivity index (χ2v) is 11.2. The molecule has 5 rings (SSSR count). The number of halogens is 1. The molecule has 3 N–H and O–H groups in total. The number of thioether (sulfide) groups is 1. The molecule has 0 atom stereocenters. The van der Waals surface area contributed by atoms with E-state index >= 15 is 0 Å². The molecule has 0 bridgehead atoms. The van der Waals surface area contributed by atoms with Crippen LogP contribution in [0.1, 0.15) is 21.7 Å². The zero-order valence-corrected chi connectivity index (χ0v) is 25.2. The van der Waals surface area contributed by atoms with Crippen molar-refractivity contribution in [3.05, 3.63) is 143 Å². The van der Waals surface area contributed by atoms with Crippen molar-refractivity contribution in [2.75, 3.05) is 16.4 Å². The van der Waals surface area contributed by atoms with Crippen LogP contribution < -0.4 is 16.0 Å². The van der Waals surface area contributed by atoms with E-state index in [-0.39, 0.29) is 17.4 Å². The fourth-order valence-corrected chi connectivity index (χ4v) is 5.04. The zero-order chi connectivity index (χ0) is 30.9. The highest BCUT2D eigenvalue weighted by Crippen LogP contribution is 2.25. The minimum Gasteiger partial charge on any atom is -0.457 e. The molecule has 0 unspecified atom stereocenters. The van der Waals surface area contributed by atoms with Crippen LogP contribution in [0.4, 0.5) is 11.4 Å². The minimum atomic E-state index is -0.524. The van der Waals surface area contributed by atoms with Gasteiger partial charge in [-0.25, -0.2) is 0 Å². The van der Waals surface area contributed by atoms with Crippen LogP contribution >= 0.6 is 23.4 Å². The van der Waals surface area contributed by atoms with Crippen molar-refractivity contribution < 1.29 is 18.8 Å². The third-order valence-electron chi connectivity index (χ3n) is 6.46.